The molecule has 0 fully saturated rings. The Bertz CT molecular complexity index is 515. The van der Waals surface area contributed by atoms with Crippen molar-refractivity contribution in [1.29, 1.82) is 0 Å². The summed E-state index contributed by atoms with van der Waals surface area (Å²) in [6, 6.07) is 3.53. The summed E-state index contributed by atoms with van der Waals surface area (Å²) in [6.07, 6.45) is 5.91. The predicted molar refractivity (Wildman–Crippen MR) is 70.9 cm³/mol. The standard InChI is InChI=1S/C11H19NO6P2/c1-2-3-5-10-6-4-7-12(8-10)9-11(19(13,14)15)20(16,17)18/h4,6-8,11H,2-3,5,9H2,1H3,(H3-,13,14,15,16,17,18). The molecule has 0 saturated carbocycles. The molecule has 0 saturated heterocycles. The Morgan fingerprint density at radius 2 is 2.00 bits per heavy atom. The average Bonchev–Trinajstić information content (AvgIpc) is 2.31. The van der Waals surface area contributed by atoms with Gasteiger partial charge in [-0.15, -0.1) is 0 Å². The maximum Gasteiger partial charge on any atom is 0.343 e. The van der Waals surface area contributed by atoms with Gasteiger partial charge in [-0.25, -0.2) is 4.57 Å². The summed E-state index contributed by atoms with van der Waals surface area (Å²) < 4.78 is 23.7. The van der Waals surface area contributed by atoms with E-state index < -0.39 is 27.1 Å². The van der Waals surface area contributed by atoms with Gasteiger partial charge >= 0.3 is 7.60 Å². The van der Waals surface area contributed by atoms with Gasteiger partial charge in [0.1, 0.15) is 0 Å². The van der Waals surface area contributed by atoms with E-state index in [4.69, 9.17) is 14.7 Å². The first-order valence-corrected chi connectivity index (χ1v) is 9.54. The van der Waals surface area contributed by atoms with Crippen molar-refractivity contribution in [2.75, 3.05) is 0 Å². The van der Waals surface area contributed by atoms with Crippen molar-refractivity contribution in [2.45, 2.75) is 38.1 Å². The van der Waals surface area contributed by atoms with E-state index in [2.05, 4.69) is 0 Å². The molecule has 7 nitrogen and oxygen atoms in total. The summed E-state index contributed by atoms with van der Waals surface area (Å²) in [5.74, 6) is 0. The molecule has 0 aliphatic heterocycles. The molecule has 9 heteroatoms. The van der Waals surface area contributed by atoms with Crippen LogP contribution >= 0.6 is 15.2 Å². The lowest BCUT2D eigenvalue weighted by atomic mass is 10.1. The minimum atomic E-state index is -5.13. The monoisotopic (exact) mass is 323 g/mol. The molecule has 0 bridgehead atoms. The first-order valence-electron chi connectivity index (χ1n) is 6.21. The molecule has 1 heterocycles. The minimum Gasteiger partial charge on any atom is -0.778 e. The molecule has 0 aromatic carbocycles. The average molecular weight is 323 g/mol. The highest BCUT2D eigenvalue weighted by Crippen LogP contribution is 2.57. The summed E-state index contributed by atoms with van der Waals surface area (Å²) >= 11 is 0. The lowest BCUT2D eigenvalue weighted by Crippen LogP contribution is -2.40. The van der Waals surface area contributed by atoms with Gasteiger partial charge in [-0.3, -0.25) is 4.57 Å². The molecular formula is C11H19NO6P2. The number of aromatic nitrogens is 1. The molecular weight excluding hydrogens is 304 g/mol. The highest BCUT2D eigenvalue weighted by atomic mass is 31.2. The molecule has 1 aromatic rings. The van der Waals surface area contributed by atoms with Crippen LogP contribution in [0.1, 0.15) is 25.3 Å². The molecule has 2 unspecified atom stereocenters. The number of hydrogen-bond donors (Lipinski definition) is 3. The van der Waals surface area contributed by atoms with Crippen molar-refractivity contribution in [3.05, 3.63) is 30.1 Å². The van der Waals surface area contributed by atoms with Gasteiger partial charge in [-0.2, -0.15) is 0 Å². The van der Waals surface area contributed by atoms with Crippen LogP contribution in [-0.2, 0) is 22.1 Å². The number of nitrogens with zero attached hydrogens (tertiary/aromatic N) is 1. The Hall–Kier alpha value is -0.550. The highest BCUT2D eigenvalue weighted by molar-refractivity contribution is 7.70. The lowest BCUT2D eigenvalue weighted by Gasteiger charge is -2.25. The van der Waals surface area contributed by atoms with Gasteiger partial charge in [0.25, 0.3) is 0 Å². The van der Waals surface area contributed by atoms with Crippen LogP contribution in [0.15, 0.2) is 24.5 Å². The second kappa shape index (κ2) is 6.94. The molecule has 1 rings (SSSR count). The molecule has 0 amide bonds. The van der Waals surface area contributed by atoms with Gasteiger partial charge in [0, 0.05) is 11.6 Å². The number of pyridine rings is 1. The normalized spacial score (nSPS) is 16.6. The molecule has 0 spiro atoms. The SMILES string of the molecule is CCCCc1ccc[n+](CC(P(=O)([O-])O)P(=O)(O)O)c1. The maximum absolute atomic E-state index is 11.2. The molecule has 1 aromatic heterocycles. The third-order valence-corrected chi connectivity index (χ3v) is 6.51. The van der Waals surface area contributed by atoms with Crippen LogP contribution in [0.3, 0.4) is 0 Å². The van der Waals surface area contributed by atoms with E-state index >= 15 is 0 Å². The third kappa shape index (κ3) is 5.44. The fraction of sp³-hybridized carbons (Fsp3) is 0.545. The lowest BCUT2D eigenvalue weighted by molar-refractivity contribution is -0.695. The van der Waals surface area contributed by atoms with Crippen molar-refractivity contribution in [1.82, 2.24) is 0 Å². The molecule has 0 radical (unpaired) electrons. The van der Waals surface area contributed by atoms with E-state index in [0.717, 1.165) is 24.8 Å². The molecule has 3 N–H and O–H groups in total. The van der Waals surface area contributed by atoms with Crippen molar-refractivity contribution in [3.8, 4) is 0 Å². The first kappa shape index (κ1) is 17.5. The van der Waals surface area contributed by atoms with Crippen molar-refractivity contribution < 1.29 is 33.3 Å². The van der Waals surface area contributed by atoms with Gasteiger partial charge in [0.2, 0.25) is 0 Å². The zero-order chi connectivity index (χ0) is 15.4. The fourth-order valence-electron chi connectivity index (χ4n) is 1.81. The molecule has 20 heavy (non-hydrogen) atoms. The fourth-order valence-corrected chi connectivity index (χ4v) is 4.12. The van der Waals surface area contributed by atoms with Crippen LogP contribution in [-0.4, -0.2) is 20.1 Å². The predicted octanol–water partition coefficient (Wildman–Crippen LogP) is 0.366. The molecule has 2 atom stereocenters. The van der Waals surface area contributed by atoms with Gasteiger partial charge in [-0.05, 0) is 18.9 Å². The van der Waals surface area contributed by atoms with Gasteiger partial charge in [0.05, 0.1) is 0 Å². The van der Waals surface area contributed by atoms with Crippen LogP contribution in [0.25, 0.3) is 0 Å². The first-order chi connectivity index (χ1) is 9.14. The highest BCUT2D eigenvalue weighted by Gasteiger charge is 2.40. The summed E-state index contributed by atoms with van der Waals surface area (Å²) in [5, 5.41) is -2.12. The summed E-state index contributed by atoms with van der Waals surface area (Å²) in [7, 11) is -10.1. The van der Waals surface area contributed by atoms with E-state index in [-0.39, 0.29) is 0 Å². The summed E-state index contributed by atoms with van der Waals surface area (Å²) in [5.41, 5.74) is 0.942. The maximum atomic E-state index is 11.2. The van der Waals surface area contributed by atoms with E-state index in [1.165, 1.54) is 10.8 Å². The Kier molecular flexibility index (Phi) is 6.07. The Morgan fingerprint density at radius 3 is 2.50 bits per heavy atom. The second-order valence-corrected chi connectivity index (χ2v) is 8.61. The van der Waals surface area contributed by atoms with E-state index in [1.807, 2.05) is 13.0 Å². The summed E-state index contributed by atoms with van der Waals surface area (Å²) in [4.78, 5) is 38.2. The van der Waals surface area contributed by atoms with Crippen molar-refractivity contribution >= 4 is 15.2 Å². The van der Waals surface area contributed by atoms with Crippen LogP contribution in [0.4, 0.5) is 0 Å². The summed E-state index contributed by atoms with van der Waals surface area (Å²) in [6.45, 7) is 1.56. The van der Waals surface area contributed by atoms with Gasteiger partial charge in [0.15, 0.2) is 31.9 Å². The Labute approximate surface area is 117 Å². The van der Waals surface area contributed by atoms with Crippen molar-refractivity contribution in [2.24, 2.45) is 0 Å². The third-order valence-electron chi connectivity index (χ3n) is 2.88. The topological polar surface area (TPSA) is 122 Å². The van der Waals surface area contributed by atoms with Crippen LogP contribution < -0.4 is 9.46 Å². The van der Waals surface area contributed by atoms with E-state index in [0.29, 0.717) is 0 Å². The molecule has 0 aliphatic carbocycles. The van der Waals surface area contributed by atoms with Crippen LogP contribution in [0.5, 0.6) is 0 Å². The number of hydrogen-bond acceptors (Lipinski definition) is 3. The number of aryl methyl sites for hydroxylation is 1. The number of unbranched alkanes of at least 4 members (excludes halogenated alkanes) is 1. The largest absolute Gasteiger partial charge is 0.778 e. The zero-order valence-corrected chi connectivity index (χ0v) is 12.9. The van der Waals surface area contributed by atoms with Crippen molar-refractivity contribution in [3.63, 3.8) is 0 Å². The van der Waals surface area contributed by atoms with Gasteiger partial charge < -0.3 is 24.1 Å². The van der Waals surface area contributed by atoms with Gasteiger partial charge in [-0.1, -0.05) is 13.3 Å². The Balaban J connectivity index is 2.95. The van der Waals surface area contributed by atoms with Crippen LogP contribution in [0.2, 0.25) is 0 Å². The van der Waals surface area contributed by atoms with E-state index in [9.17, 15) is 14.0 Å². The minimum absolute atomic E-state index is 0.485. The zero-order valence-electron chi connectivity index (χ0n) is 11.1. The molecule has 114 valence electrons. The molecule has 0 aliphatic rings. The Morgan fingerprint density at radius 1 is 1.35 bits per heavy atom. The van der Waals surface area contributed by atoms with Crippen LogP contribution in [0, 0.1) is 0 Å². The smallest absolute Gasteiger partial charge is 0.343 e. The second-order valence-electron chi connectivity index (χ2n) is 4.65. The quantitative estimate of drug-likeness (QED) is 0.492. The van der Waals surface area contributed by atoms with E-state index in [1.54, 1.807) is 12.3 Å². The number of rotatable bonds is 7.